The summed E-state index contributed by atoms with van der Waals surface area (Å²) in [4.78, 5) is 4.26. The summed E-state index contributed by atoms with van der Waals surface area (Å²) in [6.07, 6.45) is 0. The Morgan fingerprint density at radius 2 is 2.17 bits per heavy atom. The molecular formula is C13H12BrFN2O. The van der Waals surface area contributed by atoms with Crippen LogP contribution in [0.25, 0.3) is 0 Å². The molecule has 0 saturated carbocycles. The fourth-order valence-corrected chi connectivity index (χ4v) is 1.80. The molecule has 2 aromatic rings. The average Bonchev–Trinajstić information content (AvgIpc) is 2.35. The zero-order chi connectivity index (χ0) is 13.0. The SMILES string of the molecule is CNCc1cccc(Oc2cc(Br)ccc2F)n1. The van der Waals surface area contributed by atoms with E-state index in [1.54, 1.807) is 18.2 Å². The van der Waals surface area contributed by atoms with Gasteiger partial charge in [0.15, 0.2) is 11.6 Å². The van der Waals surface area contributed by atoms with E-state index in [2.05, 4.69) is 26.2 Å². The molecule has 0 aliphatic rings. The zero-order valence-electron chi connectivity index (χ0n) is 9.78. The summed E-state index contributed by atoms with van der Waals surface area (Å²) < 4.78 is 19.7. The van der Waals surface area contributed by atoms with Gasteiger partial charge in [0, 0.05) is 17.1 Å². The second-order valence-corrected chi connectivity index (χ2v) is 4.59. The molecule has 18 heavy (non-hydrogen) atoms. The van der Waals surface area contributed by atoms with E-state index in [-0.39, 0.29) is 5.75 Å². The molecule has 0 unspecified atom stereocenters. The first-order valence-corrected chi connectivity index (χ1v) is 6.22. The van der Waals surface area contributed by atoms with Crippen molar-refractivity contribution in [2.45, 2.75) is 6.54 Å². The Hall–Kier alpha value is -1.46. The van der Waals surface area contributed by atoms with E-state index in [9.17, 15) is 4.39 Å². The van der Waals surface area contributed by atoms with Gasteiger partial charge in [0.2, 0.25) is 5.88 Å². The number of benzene rings is 1. The highest BCUT2D eigenvalue weighted by Crippen LogP contribution is 2.26. The van der Waals surface area contributed by atoms with Crippen molar-refractivity contribution in [2.75, 3.05) is 7.05 Å². The third kappa shape index (κ3) is 3.27. The number of hydrogen-bond acceptors (Lipinski definition) is 3. The fraction of sp³-hybridized carbons (Fsp3) is 0.154. The van der Waals surface area contributed by atoms with E-state index in [4.69, 9.17) is 4.74 Å². The van der Waals surface area contributed by atoms with Gasteiger partial charge in [-0.15, -0.1) is 0 Å². The lowest BCUT2D eigenvalue weighted by atomic mass is 10.3. The Morgan fingerprint density at radius 3 is 2.94 bits per heavy atom. The molecule has 1 N–H and O–H groups in total. The number of ether oxygens (including phenoxy) is 1. The average molecular weight is 311 g/mol. The molecule has 1 aromatic heterocycles. The van der Waals surface area contributed by atoms with E-state index in [1.807, 2.05) is 19.2 Å². The maximum atomic E-state index is 13.5. The van der Waals surface area contributed by atoms with Gasteiger partial charge in [-0.25, -0.2) is 9.37 Å². The smallest absolute Gasteiger partial charge is 0.219 e. The van der Waals surface area contributed by atoms with Gasteiger partial charge in [-0.2, -0.15) is 0 Å². The Bertz CT molecular complexity index is 548. The first kappa shape index (κ1) is 13.0. The normalized spacial score (nSPS) is 10.4. The van der Waals surface area contributed by atoms with Crippen molar-refractivity contribution in [3.8, 4) is 11.6 Å². The van der Waals surface area contributed by atoms with E-state index >= 15 is 0 Å². The Labute approximate surface area is 113 Å². The molecule has 0 spiro atoms. The number of nitrogens with one attached hydrogen (secondary N) is 1. The third-order valence-electron chi connectivity index (χ3n) is 2.25. The van der Waals surface area contributed by atoms with E-state index < -0.39 is 5.82 Å². The van der Waals surface area contributed by atoms with Crippen LogP contribution in [0.15, 0.2) is 40.9 Å². The number of aromatic nitrogens is 1. The summed E-state index contributed by atoms with van der Waals surface area (Å²) in [5, 5.41) is 3.00. The molecular weight excluding hydrogens is 299 g/mol. The van der Waals surface area contributed by atoms with Gasteiger partial charge < -0.3 is 10.1 Å². The molecule has 0 radical (unpaired) electrons. The van der Waals surface area contributed by atoms with Gasteiger partial charge in [-0.3, -0.25) is 0 Å². The number of halogens is 2. The van der Waals surface area contributed by atoms with Crippen LogP contribution in [-0.4, -0.2) is 12.0 Å². The van der Waals surface area contributed by atoms with Crippen LogP contribution in [-0.2, 0) is 6.54 Å². The molecule has 0 aliphatic carbocycles. The summed E-state index contributed by atoms with van der Waals surface area (Å²) in [5.74, 6) is 0.109. The second kappa shape index (κ2) is 5.93. The van der Waals surface area contributed by atoms with Crippen molar-refractivity contribution in [1.29, 1.82) is 0 Å². The molecule has 1 heterocycles. The van der Waals surface area contributed by atoms with Crippen LogP contribution in [0, 0.1) is 5.82 Å². The number of hydrogen-bond donors (Lipinski definition) is 1. The van der Waals surface area contributed by atoms with Gasteiger partial charge in [0.1, 0.15) is 0 Å². The number of nitrogens with zero attached hydrogens (tertiary/aromatic N) is 1. The summed E-state index contributed by atoms with van der Waals surface area (Å²) in [6, 6.07) is 9.93. The minimum Gasteiger partial charge on any atom is -0.436 e. The molecule has 94 valence electrons. The van der Waals surface area contributed by atoms with Crippen molar-refractivity contribution in [1.82, 2.24) is 10.3 Å². The highest BCUT2D eigenvalue weighted by Gasteiger charge is 2.06. The molecule has 0 atom stereocenters. The van der Waals surface area contributed by atoms with Crippen molar-refractivity contribution < 1.29 is 9.13 Å². The van der Waals surface area contributed by atoms with Crippen LogP contribution in [0.1, 0.15) is 5.69 Å². The quantitative estimate of drug-likeness (QED) is 0.938. The standard InChI is InChI=1S/C13H12BrFN2O/c1-16-8-10-3-2-4-13(17-10)18-12-7-9(14)5-6-11(12)15/h2-7,16H,8H2,1H3. The van der Waals surface area contributed by atoms with Gasteiger partial charge >= 0.3 is 0 Å². The van der Waals surface area contributed by atoms with Crippen molar-refractivity contribution >= 4 is 15.9 Å². The number of pyridine rings is 1. The van der Waals surface area contributed by atoms with E-state index in [0.717, 1.165) is 10.2 Å². The molecule has 0 aliphatic heterocycles. The molecule has 0 fully saturated rings. The summed E-state index contributed by atoms with van der Waals surface area (Å²) >= 11 is 3.27. The highest BCUT2D eigenvalue weighted by molar-refractivity contribution is 9.10. The summed E-state index contributed by atoms with van der Waals surface area (Å²) in [7, 11) is 1.84. The Balaban J connectivity index is 2.22. The second-order valence-electron chi connectivity index (χ2n) is 3.67. The lowest BCUT2D eigenvalue weighted by Gasteiger charge is -2.07. The molecule has 3 nitrogen and oxygen atoms in total. The summed E-state index contributed by atoms with van der Waals surface area (Å²) in [6.45, 7) is 0.637. The largest absolute Gasteiger partial charge is 0.436 e. The molecule has 1 aromatic carbocycles. The first-order chi connectivity index (χ1) is 8.69. The van der Waals surface area contributed by atoms with Gasteiger partial charge in [0.25, 0.3) is 0 Å². The van der Waals surface area contributed by atoms with Crippen LogP contribution in [0.2, 0.25) is 0 Å². The van der Waals surface area contributed by atoms with Crippen LogP contribution in [0.5, 0.6) is 11.6 Å². The van der Waals surface area contributed by atoms with Gasteiger partial charge in [0.05, 0.1) is 5.69 Å². The minimum atomic E-state index is -0.418. The highest BCUT2D eigenvalue weighted by atomic mass is 79.9. The molecule has 0 bridgehead atoms. The maximum Gasteiger partial charge on any atom is 0.219 e. The predicted molar refractivity (Wildman–Crippen MR) is 71.2 cm³/mol. The zero-order valence-corrected chi connectivity index (χ0v) is 11.4. The minimum absolute atomic E-state index is 0.151. The molecule has 0 saturated heterocycles. The van der Waals surface area contributed by atoms with Crippen molar-refractivity contribution in [3.63, 3.8) is 0 Å². The van der Waals surface area contributed by atoms with Crippen LogP contribution in [0.3, 0.4) is 0 Å². The third-order valence-corrected chi connectivity index (χ3v) is 2.74. The van der Waals surface area contributed by atoms with Crippen LogP contribution in [0.4, 0.5) is 4.39 Å². The molecule has 2 rings (SSSR count). The summed E-state index contributed by atoms with van der Waals surface area (Å²) in [5.41, 5.74) is 0.838. The lowest BCUT2D eigenvalue weighted by Crippen LogP contribution is -2.07. The Kier molecular flexibility index (Phi) is 4.28. The monoisotopic (exact) mass is 310 g/mol. The van der Waals surface area contributed by atoms with Crippen LogP contribution >= 0.6 is 15.9 Å². The van der Waals surface area contributed by atoms with E-state index in [0.29, 0.717) is 12.4 Å². The maximum absolute atomic E-state index is 13.5. The molecule has 0 amide bonds. The number of rotatable bonds is 4. The fourth-order valence-electron chi connectivity index (χ4n) is 1.46. The van der Waals surface area contributed by atoms with Gasteiger partial charge in [-0.1, -0.05) is 22.0 Å². The Morgan fingerprint density at radius 1 is 1.33 bits per heavy atom. The predicted octanol–water partition coefficient (Wildman–Crippen LogP) is 3.49. The lowest BCUT2D eigenvalue weighted by molar-refractivity contribution is 0.425. The van der Waals surface area contributed by atoms with Crippen molar-refractivity contribution in [3.05, 3.63) is 52.4 Å². The van der Waals surface area contributed by atoms with Crippen molar-refractivity contribution in [2.24, 2.45) is 0 Å². The van der Waals surface area contributed by atoms with Gasteiger partial charge in [-0.05, 0) is 31.3 Å². The molecule has 5 heteroatoms. The first-order valence-electron chi connectivity index (χ1n) is 5.42. The van der Waals surface area contributed by atoms with Crippen LogP contribution < -0.4 is 10.1 Å². The topological polar surface area (TPSA) is 34.1 Å². The van der Waals surface area contributed by atoms with E-state index in [1.165, 1.54) is 6.07 Å².